The van der Waals surface area contributed by atoms with Crippen LogP contribution in [0.15, 0.2) is 30.3 Å². The maximum atomic E-state index is 13.2. The van der Waals surface area contributed by atoms with Gasteiger partial charge in [0.2, 0.25) is 0 Å². The van der Waals surface area contributed by atoms with Crippen molar-refractivity contribution in [2.75, 3.05) is 13.7 Å². The van der Waals surface area contributed by atoms with Crippen LogP contribution in [0.3, 0.4) is 0 Å². The molecule has 0 aromatic heterocycles. The highest BCUT2D eigenvalue weighted by molar-refractivity contribution is 6.21. The first-order valence-electron chi connectivity index (χ1n) is 5.69. The molecule has 0 heterocycles. The van der Waals surface area contributed by atoms with Gasteiger partial charge in [-0.1, -0.05) is 18.2 Å². The van der Waals surface area contributed by atoms with Gasteiger partial charge in [-0.15, -0.1) is 11.6 Å². The first-order chi connectivity index (χ1) is 9.36. The molecule has 1 unspecified atom stereocenters. The Hall–Kier alpha value is -1.69. The molecule has 0 aliphatic carbocycles. The second-order valence-electron chi connectivity index (χ2n) is 3.96. The van der Waals surface area contributed by atoms with E-state index in [0.717, 1.165) is 7.11 Å². The van der Waals surface area contributed by atoms with E-state index in [4.69, 9.17) is 16.3 Å². The van der Waals surface area contributed by atoms with Crippen LogP contribution in [0, 0.1) is 0 Å². The van der Waals surface area contributed by atoms with E-state index in [1.165, 1.54) is 12.1 Å². The smallest absolute Gasteiger partial charge is 0.376 e. The zero-order chi connectivity index (χ0) is 15.2. The van der Waals surface area contributed by atoms with Crippen LogP contribution in [0.25, 0.3) is 0 Å². The molecule has 0 amide bonds. The maximum absolute atomic E-state index is 13.2. The molecule has 1 aromatic rings. The Balaban J connectivity index is 2.46. The van der Waals surface area contributed by atoms with Gasteiger partial charge in [0, 0.05) is 6.42 Å². The van der Waals surface area contributed by atoms with Crippen molar-refractivity contribution in [1.29, 1.82) is 0 Å². The third-order valence-corrected chi connectivity index (χ3v) is 2.65. The Kier molecular flexibility index (Phi) is 5.88. The van der Waals surface area contributed by atoms with E-state index in [-0.39, 0.29) is 5.56 Å². The van der Waals surface area contributed by atoms with E-state index in [1.54, 1.807) is 18.2 Å². The third kappa shape index (κ3) is 4.77. The summed E-state index contributed by atoms with van der Waals surface area (Å²) in [6.45, 7) is -0.429. The molecule has 1 atom stereocenters. The first-order valence-corrected chi connectivity index (χ1v) is 6.13. The van der Waals surface area contributed by atoms with Crippen LogP contribution in [-0.4, -0.2) is 37.0 Å². The van der Waals surface area contributed by atoms with Gasteiger partial charge < -0.3 is 9.47 Å². The minimum absolute atomic E-state index is 0.288. The van der Waals surface area contributed by atoms with Crippen LogP contribution in [0.1, 0.15) is 16.8 Å². The average Bonchev–Trinajstić information content (AvgIpc) is 2.44. The molecule has 0 aliphatic heterocycles. The Morgan fingerprint density at radius 2 is 1.90 bits per heavy atom. The predicted octanol–water partition coefficient (Wildman–Crippen LogP) is 2.65. The number of hydrogen-bond donors (Lipinski definition) is 0. The standard InChI is InChI=1S/C13H13ClF2O4/c1-19-12(18)13(15,16)7-10(14)8-20-11(17)9-5-3-2-4-6-9/h2-6,10H,7-8H2,1H3. The van der Waals surface area contributed by atoms with Crippen molar-refractivity contribution in [2.24, 2.45) is 0 Å². The molecular weight excluding hydrogens is 294 g/mol. The molecule has 20 heavy (non-hydrogen) atoms. The summed E-state index contributed by atoms with van der Waals surface area (Å²) in [5.74, 6) is -6.05. The maximum Gasteiger partial charge on any atom is 0.376 e. The molecule has 0 saturated carbocycles. The predicted molar refractivity (Wildman–Crippen MR) is 67.9 cm³/mol. The largest absolute Gasteiger partial charge is 0.465 e. The molecule has 110 valence electrons. The molecule has 0 spiro atoms. The summed E-state index contributed by atoms with van der Waals surface area (Å²) in [4.78, 5) is 22.3. The van der Waals surface area contributed by atoms with Crippen LogP contribution < -0.4 is 0 Å². The van der Waals surface area contributed by atoms with Crippen molar-refractivity contribution in [3.05, 3.63) is 35.9 Å². The number of halogens is 3. The summed E-state index contributed by atoms with van der Waals surface area (Å²) in [5.41, 5.74) is 0.288. The normalized spacial score (nSPS) is 12.6. The van der Waals surface area contributed by atoms with Crippen LogP contribution >= 0.6 is 11.6 Å². The van der Waals surface area contributed by atoms with Crippen LogP contribution in [0.2, 0.25) is 0 Å². The third-order valence-electron chi connectivity index (χ3n) is 2.37. The Morgan fingerprint density at radius 3 is 2.45 bits per heavy atom. The van der Waals surface area contributed by atoms with Gasteiger partial charge in [-0.05, 0) is 12.1 Å². The van der Waals surface area contributed by atoms with Crippen molar-refractivity contribution >= 4 is 23.5 Å². The molecule has 0 saturated heterocycles. The van der Waals surface area contributed by atoms with Crippen LogP contribution in [0.4, 0.5) is 8.78 Å². The van der Waals surface area contributed by atoms with E-state index in [0.29, 0.717) is 0 Å². The number of rotatable bonds is 6. The van der Waals surface area contributed by atoms with Crippen LogP contribution in [0.5, 0.6) is 0 Å². The number of esters is 2. The van der Waals surface area contributed by atoms with Gasteiger partial charge in [0.15, 0.2) is 0 Å². The van der Waals surface area contributed by atoms with Crippen LogP contribution in [-0.2, 0) is 14.3 Å². The first kappa shape index (κ1) is 16.4. The van der Waals surface area contributed by atoms with Crippen molar-refractivity contribution in [1.82, 2.24) is 0 Å². The van der Waals surface area contributed by atoms with Gasteiger partial charge in [0.25, 0.3) is 0 Å². The molecule has 0 N–H and O–H groups in total. The lowest BCUT2D eigenvalue weighted by molar-refractivity contribution is -0.169. The number of methoxy groups -OCH3 is 1. The van der Waals surface area contributed by atoms with Crippen molar-refractivity contribution < 1.29 is 27.8 Å². The fraction of sp³-hybridized carbons (Fsp3) is 0.385. The lowest BCUT2D eigenvalue weighted by Crippen LogP contribution is -2.34. The van der Waals surface area contributed by atoms with Gasteiger partial charge in [-0.25, -0.2) is 9.59 Å². The minimum Gasteiger partial charge on any atom is -0.465 e. The average molecular weight is 307 g/mol. The fourth-order valence-corrected chi connectivity index (χ4v) is 1.65. The van der Waals surface area contributed by atoms with E-state index in [9.17, 15) is 18.4 Å². The molecule has 0 aliphatic rings. The lowest BCUT2D eigenvalue weighted by Gasteiger charge is -2.17. The number of carbonyl (C=O) groups is 2. The number of carbonyl (C=O) groups excluding carboxylic acids is 2. The molecular formula is C13H13ClF2O4. The van der Waals surface area contributed by atoms with E-state index >= 15 is 0 Å². The molecule has 7 heteroatoms. The summed E-state index contributed by atoms with van der Waals surface area (Å²) < 4.78 is 35.2. The van der Waals surface area contributed by atoms with Crippen molar-refractivity contribution in [3.8, 4) is 0 Å². The molecule has 0 bridgehead atoms. The minimum atomic E-state index is -3.71. The number of benzene rings is 1. The molecule has 0 radical (unpaired) electrons. The van der Waals surface area contributed by atoms with E-state index in [2.05, 4.69) is 4.74 Å². The SMILES string of the molecule is COC(=O)C(F)(F)CC(Cl)COC(=O)c1ccccc1. The molecule has 4 nitrogen and oxygen atoms in total. The summed E-state index contributed by atoms with van der Waals surface area (Å²) in [6.07, 6.45) is -0.969. The highest BCUT2D eigenvalue weighted by atomic mass is 35.5. The fourth-order valence-electron chi connectivity index (χ4n) is 1.39. The van der Waals surface area contributed by atoms with Crippen molar-refractivity contribution in [3.63, 3.8) is 0 Å². The highest BCUT2D eigenvalue weighted by Gasteiger charge is 2.42. The second kappa shape index (κ2) is 7.19. The summed E-state index contributed by atoms with van der Waals surface area (Å²) >= 11 is 5.63. The van der Waals surface area contributed by atoms with Gasteiger partial charge in [0.1, 0.15) is 6.61 Å². The Bertz CT molecular complexity index is 465. The summed E-state index contributed by atoms with van der Waals surface area (Å²) in [5, 5.41) is -1.20. The molecule has 1 rings (SSSR count). The van der Waals surface area contributed by atoms with Gasteiger partial charge in [0.05, 0.1) is 18.1 Å². The molecule has 1 aromatic carbocycles. The van der Waals surface area contributed by atoms with Gasteiger partial charge in [-0.3, -0.25) is 0 Å². The number of alkyl halides is 3. The Morgan fingerprint density at radius 1 is 1.30 bits per heavy atom. The van der Waals surface area contributed by atoms with E-state index in [1.807, 2.05) is 0 Å². The topological polar surface area (TPSA) is 52.6 Å². The Labute approximate surface area is 119 Å². The number of hydrogen-bond acceptors (Lipinski definition) is 4. The molecule has 0 fully saturated rings. The van der Waals surface area contributed by atoms with E-state index < -0.39 is 36.3 Å². The monoisotopic (exact) mass is 306 g/mol. The zero-order valence-electron chi connectivity index (χ0n) is 10.6. The number of ether oxygens (including phenoxy) is 2. The van der Waals surface area contributed by atoms with Gasteiger partial charge >= 0.3 is 17.9 Å². The summed E-state index contributed by atoms with van der Waals surface area (Å²) in [6, 6.07) is 8.04. The highest BCUT2D eigenvalue weighted by Crippen LogP contribution is 2.24. The second-order valence-corrected chi connectivity index (χ2v) is 4.58. The lowest BCUT2D eigenvalue weighted by atomic mass is 10.2. The quantitative estimate of drug-likeness (QED) is 0.599. The van der Waals surface area contributed by atoms with Crippen molar-refractivity contribution in [2.45, 2.75) is 17.7 Å². The summed E-state index contributed by atoms with van der Waals surface area (Å²) in [7, 11) is 0.856. The zero-order valence-corrected chi connectivity index (χ0v) is 11.4. The van der Waals surface area contributed by atoms with Gasteiger partial charge in [-0.2, -0.15) is 8.78 Å².